The van der Waals surface area contributed by atoms with Gasteiger partial charge in [0.25, 0.3) is 0 Å². The fourth-order valence-corrected chi connectivity index (χ4v) is 5.76. The van der Waals surface area contributed by atoms with E-state index in [1.807, 2.05) is 31.2 Å². The van der Waals surface area contributed by atoms with E-state index in [0.29, 0.717) is 24.5 Å². The summed E-state index contributed by atoms with van der Waals surface area (Å²) < 4.78 is 27.7. The van der Waals surface area contributed by atoms with Crippen molar-refractivity contribution in [2.24, 2.45) is 0 Å². The van der Waals surface area contributed by atoms with Gasteiger partial charge < -0.3 is 0 Å². The highest BCUT2D eigenvalue weighted by Crippen LogP contribution is 2.29. The maximum absolute atomic E-state index is 13.2. The largest absolute Gasteiger partial charge is 0.299 e. The maximum Gasteiger partial charge on any atom is 0.244 e. The summed E-state index contributed by atoms with van der Waals surface area (Å²) in [6, 6.07) is 11.9. The van der Waals surface area contributed by atoms with Gasteiger partial charge in [0.1, 0.15) is 11.0 Å². The third-order valence-corrected chi connectivity index (χ3v) is 7.72. The van der Waals surface area contributed by atoms with Crippen molar-refractivity contribution in [2.75, 3.05) is 11.9 Å². The number of rotatable bonds is 5. The van der Waals surface area contributed by atoms with E-state index in [-0.39, 0.29) is 10.8 Å². The topological polar surface area (TPSA) is 92.3 Å². The van der Waals surface area contributed by atoms with Gasteiger partial charge in [-0.25, -0.2) is 8.42 Å². The molecule has 1 N–H and O–H groups in total. The van der Waals surface area contributed by atoms with Gasteiger partial charge >= 0.3 is 0 Å². The summed E-state index contributed by atoms with van der Waals surface area (Å²) in [5, 5.41) is 13.7. The second kappa shape index (κ2) is 7.57. The number of nitrogens with one attached hydrogen (secondary N) is 1. The van der Waals surface area contributed by atoms with Crippen LogP contribution in [0.4, 0.5) is 5.13 Å². The lowest BCUT2D eigenvalue weighted by Gasteiger charge is -2.23. The molecule has 1 fully saturated rings. The van der Waals surface area contributed by atoms with Gasteiger partial charge in [-0.05, 0) is 42.2 Å². The minimum Gasteiger partial charge on any atom is -0.299 e. The first kappa shape index (κ1) is 19.0. The second-order valence-corrected chi connectivity index (χ2v) is 9.58. The lowest BCUT2D eigenvalue weighted by Crippen LogP contribution is -2.43. The number of amides is 1. The average molecular weight is 417 g/mol. The lowest BCUT2D eigenvalue weighted by atomic mass is 10.1. The van der Waals surface area contributed by atoms with Gasteiger partial charge in [-0.3, -0.25) is 10.1 Å². The van der Waals surface area contributed by atoms with Gasteiger partial charge in [0, 0.05) is 6.54 Å². The molecule has 4 rings (SSSR count). The van der Waals surface area contributed by atoms with Crippen molar-refractivity contribution in [3.05, 3.63) is 47.5 Å². The fraction of sp³-hybridized carbons (Fsp3) is 0.316. The average Bonchev–Trinajstić information content (AvgIpc) is 3.37. The van der Waals surface area contributed by atoms with Gasteiger partial charge in [0.15, 0.2) is 0 Å². The number of nitrogens with zero attached hydrogens (tertiary/aromatic N) is 3. The molecule has 1 saturated heterocycles. The summed E-state index contributed by atoms with van der Waals surface area (Å²) in [7, 11) is -3.78. The van der Waals surface area contributed by atoms with Crippen LogP contribution < -0.4 is 5.32 Å². The van der Waals surface area contributed by atoms with Crippen LogP contribution in [-0.2, 0) is 21.2 Å². The third kappa shape index (κ3) is 3.52. The second-order valence-electron chi connectivity index (χ2n) is 6.63. The first-order chi connectivity index (χ1) is 13.5. The van der Waals surface area contributed by atoms with E-state index in [9.17, 15) is 13.2 Å². The van der Waals surface area contributed by atoms with Crippen molar-refractivity contribution in [2.45, 2.75) is 37.1 Å². The summed E-state index contributed by atoms with van der Waals surface area (Å²) in [6.45, 7) is 2.28. The van der Waals surface area contributed by atoms with E-state index in [1.165, 1.54) is 15.6 Å². The van der Waals surface area contributed by atoms with E-state index >= 15 is 0 Å². The Hall–Kier alpha value is -2.36. The smallest absolute Gasteiger partial charge is 0.244 e. The molecule has 0 saturated carbocycles. The molecule has 3 aromatic rings. The molecule has 1 aliphatic rings. The number of hydrogen-bond acceptors (Lipinski definition) is 6. The fourth-order valence-electron chi connectivity index (χ4n) is 3.39. The Morgan fingerprint density at radius 2 is 2.00 bits per heavy atom. The minimum absolute atomic E-state index is 0.204. The molecule has 1 aliphatic heterocycles. The number of carbonyl (C=O) groups is 1. The number of aryl methyl sites for hydroxylation is 1. The van der Waals surface area contributed by atoms with E-state index in [4.69, 9.17) is 0 Å². The first-order valence-electron chi connectivity index (χ1n) is 9.13. The Labute approximate surface area is 167 Å². The Morgan fingerprint density at radius 3 is 2.75 bits per heavy atom. The number of aromatic nitrogens is 2. The van der Waals surface area contributed by atoms with Crippen LogP contribution in [0.5, 0.6) is 0 Å². The monoisotopic (exact) mass is 416 g/mol. The SMILES string of the molecule is CCc1nnc(NC(=O)C2CCCN2S(=O)(=O)c2ccc3ccccc3c2)s1. The van der Waals surface area contributed by atoms with E-state index in [0.717, 1.165) is 22.2 Å². The molecule has 9 heteroatoms. The summed E-state index contributed by atoms with van der Waals surface area (Å²) in [6.07, 6.45) is 1.86. The van der Waals surface area contributed by atoms with Gasteiger partial charge in [0.2, 0.25) is 21.1 Å². The number of fused-ring (bicyclic) bond motifs is 1. The molecule has 2 aromatic carbocycles. The highest BCUT2D eigenvalue weighted by molar-refractivity contribution is 7.89. The van der Waals surface area contributed by atoms with Crippen molar-refractivity contribution in [3.63, 3.8) is 0 Å². The van der Waals surface area contributed by atoms with Crippen LogP contribution in [0.3, 0.4) is 0 Å². The number of carbonyl (C=O) groups excluding carboxylic acids is 1. The predicted molar refractivity (Wildman–Crippen MR) is 109 cm³/mol. The van der Waals surface area contributed by atoms with E-state index in [2.05, 4.69) is 15.5 Å². The van der Waals surface area contributed by atoms with E-state index in [1.54, 1.807) is 18.2 Å². The Balaban J connectivity index is 1.59. The van der Waals surface area contributed by atoms with Crippen LogP contribution in [0.25, 0.3) is 10.8 Å². The standard InChI is InChI=1S/C19H20N4O3S2/c1-2-17-21-22-19(27-17)20-18(24)16-8-5-11-23(16)28(25,26)15-10-9-13-6-3-4-7-14(13)12-15/h3-4,6-7,9-10,12,16H,2,5,8,11H2,1H3,(H,20,22,24). The summed E-state index contributed by atoms with van der Waals surface area (Å²) in [5.74, 6) is -0.360. The van der Waals surface area contributed by atoms with Crippen LogP contribution in [0, 0.1) is 0 Å². The van der Waals surface area contributed by atoms with Crippen LogP contribution in [-0.4, -0.2) is 41.4 Å². The zero-order valence-electron chi connectivity index (χ0n) is 15.3. The Bertz CT molecular complexity index is 1130. The van der Waals surface area contributed by atoms with Gasteiger partial charge in [-0.2, -0.15) is 4.31 Å². The first-order valence-corrected chi connectivity index (χ1v) is 11.4. The van der Waals surface area contributed by atoms with E-state index < -0.39 is 16.1 Å². The number of sulfonamides is 1. The molecule has 1 unspecified atom stereocenters. The summed E-state index contributed by atoms with van der Waals surface area (Å²) in [5.41, 5.74) is 0. The summed E-state index contributed by atoms with van der Waals surface area (Å²) in [4.78, 5) is 12.9. The quantitative estimate of drug-likeness (QED) is 0.690. The number of anilines is 1. The molecule has 0 aliphatic carbocycles. The molecule has 146 valence electrons. The van der Waals surface area contributed by atoms with Crippen molar-refractivity contribution in [3.8, 4) is 0 Å². The Kier molecular flexibility index (Phi) is 5.13. The maximum atomic E-state index is 13.2. The van der Waals surface area contributed by atoms with Crippen molar-refractivity contribution in [1.29, 1.82) is 0 Å². The van der Waals surface area contributed by atoms with Crippen molar-refractivity contribution in [1.82, 2.24) is 14.5 Å². The molecule has 1 atom stereocenters. The molecule has 2 heterocycles. The molecule has 1 amide bonds. The van der Waals surface area contributed by atoms with Crippen LogP contribution >= 0.6 is 11.3 Å². The van der Waals surface area contributed by atoms with Crippen molar-refractivity contribution >= 4 is 43.2 Å². The summed E-state index contributed by atoms with van der Waals surface area (Å²) >= 11 is 1.30. The van der Waals surface area contributed by atoms with Crippen LogP contribution in [0.15, 0.2) is 47.4 Å². The number of hydrogen-bond donors (Lipinski definition) is 1. The molecule has 0 bridgehead atoms. The third-order valence-electron chi connectivity index (χ3n) is 4.83. The van der Waals surface area contributed by atoms with Gasteiger partial charge in [-0.1, -0.05) is 48.6 Å². The molecular formula is C19H20N4O3S2. The lowest BCUT2D eigenvalue weighted by molar-refractivity contribution is -0.119. The predicted octanol–water partition coefficient (Wildman–Crippen LogP) is 3.05. The molecule has 0 spiro atoms. The van der Waals surface area contributed by atoms with Crippen LogP contribution in [0.1, 0.15) is 24.8 Å². The molecule has 1 aromatic heterocycles. The molecule has 0 radical (unpaired) electrons. The Morgan fingerprint density at radius 1 is 1.21 bits per heavy atom. The zero-order valence-corrected chi connectivity index (χ0v) is 17.0. The number of benzene rings is 2. The molecule has 7 nitrogen and oxygen atoms in total. The highest BCUT2D eigenvalue weighted by atomic mass is 32.2. The molecule has 28 heavy (non-hydrogen) atoms. The highest BCUT2D eigenvalue weighted by Gasteiger charge is 2.39. The van der Waals surface area contributed by atoms with Gasteiger partial charge in [0.05, 0.1) is 4.90 Å². The zero-order chi connectivity index (χ0) is 19.7. The molecular weight excluding hydrogens is 396 g/mol. The van der Waals surface area contributed by atoms with Crippen LogP contribution in [0.2, 0.25) is 0 Å². The van der Waals surface area contributed by atoms with Gasteiger partial charge in [-0.15, -0.1) is 10.2 Å². The van der Waals surface area contributed by atoms with Crippen molar-refractivity contribution < 1.29 is 13.2 Å². The normalized spacial score (nSPS) is 17.8. The minimum atomic E-state index is -3.78.